The average Bonchev–Trinajstić information content (AvgIpc) is 3.08. The van der Waals surface area contributed by atoms with Crippen LogP contribution in [0.5, 0.6) is 5.75 Å². The third-order valence-electron chi connectivity index (χ3n) is 3.94. The van der Waals surface area contributed by atoms with E-state index in [1.807, 2.05) is 42.7 Å². The molecule has 0 aliphatic heterocycles. The molecule has 0 saturated heterocycles. The molecule has 3 aromatic rings. The number of halogens is 1. The van der Waals surface area contributed by atoms with Crippen LogP contribution in [-0.2, 0) is 17.9 Å². The fraction of sp³-hybridized carbons (Fsp3) is 0.250. The fourth-order valence-electron chi connectivity index (χ4n) is 2.53. The van der Waals surface area contributed by atoms with Gasteiger partial charge in [0.15, 0.2) is 11.0 Å². The Balaban J connectivity index is 1.57. The molecule has 1 aromatic heterocycles. The maximum absolute atomic E-state index is 13.2. The van der Waals surface area contributed by atoms with Crippen molar-refractivity contribution >= 4 is 23.4 Å². The molecular weight excluding hydrogens is 379 g/mol. The Morgan fingerprint density at radius 2 is 2.00 bits per heavy atom. The number of benzene rings is 2. The van der Waals surface area contributed by atoms with Gasteiger partial charge in [0.05, 0.1) is 5.75 Å². The van der Waals surface area contributed by atoms with Gasteiger partial charge in [-0.2, -0.15) is 0 Å². The Bertz CT molecular complexity index is 944. The molecule has 0 unspecified atom stereocenters. The van der Waals surface area contributed by atoms with Crippen LogP contribution in [0, 0.1) is 12.7 Å². The summed E-state index contributed by atoms with van der Waals surface area (Å²) >= 11 is 1.28. The molecule has 1 amide bonds. The second-order valence-corrected chi connectivity index (χ2v) is 7.03. The van der Waals surface area contributed by atoms with Gasteiger partial charge in [-0.3, -0.25) is 4.79 Å². The van der Waals surface area contributed by atoms with Gasteiger partial charge in [0.2, 0.25) is 5.91 Å². The zero-order chi connectivity index (χ0) is 19.9. The van der Waals surface area contributed by atoms with Gasteiger partial charge in [0.25, 0.3) is 0 Å². The molecule has 1 heterocycles. The second kappa shape index (κ2) is 9.36. The fourth-order valence-corrected chi connectivity index (χ4v) is 3.35. The Labute approximate surface area is 167 Å². The molecule has 0 atom stereocenters. The largest absolute Gasteiger partial charge is 0.486 e. The van der Waals surface area contributed by atoms with Gasteiger partial charge >= 0.3 is 0 Å². The highest BCUT2D eigenvalue weighted by Crippen LogP contribution is 2.19. The number of rotatable bonds is 8. The number of nitrogens with one attached hydrogen (secondary N) is 1. The second-order valence-electron chi connectivity index (χ2n) is 6.09. The van der Waals surface area contributed by atoms with Crippen LogP contribution >= 0.6 is 11.8 Å². The van der Waals surface area contributed by atoms with Crippen molar-refractivity contribution in [3.8, 4) is 5.75 Å². The van der Waals surface area contributed by atoms with Gasteiger partial charge in [0.1, 0.15) is 18.2 Å². The van der Waals surface area contributed by atoms with Crippen molar-refractivity contribution in [1.82, 2.24) is 14.8 Å². The van der Waals surface area contributed by atoms with E-state index in [1.54, 1.807) is 12.1 Å². The maximum atomic E-state index is 13.2. The summed E-state index contributed by atoms with van der Waals surface area (Å²) in [6.45, 7) is 4.95. The molecule has 146 valence electrons. The number of carbonyl (C=O) groups is 1. The minimum atomic E-state index is -0.394. The first-order valence-electron chi connectivity index (χ1n) is 8.85. The molecule has 0 aliphatic rings. The van der Waals surface area contributed by atoms with Gasteiger partial charge in [0, 0.05) is 12.2 Å². The summed E-state index contributed by atoms with van der Waals surface area (Å²) in [6.07, 6.45) is 0. The van der Waals surface area contributed by atoms with Crippen molar-refractivity contribution < 1.29 is 13.9 Å². The van der Waals surface area contributed by atoms with Crippen molar-refractivity contribution in [1.29, 1.82) is 0 Å². The highest BCUT2D eigenvalue weighted by Gasteiger charge is 2.14. The number of thioether (sulfide) groups is 1. The first-order chi connectivity index (χ1) is 13.5. The van der Waals surface area contributed by atoms with Crippen LogP contribution in [-0.4, -0.2) is 26.4 Å². The molecule has 0 fully saturated rings. The van der Waals surface area contributed by atoms with Gasteiger partial charge < -0.3 is 14.6 Å². The van der Waals surface area contributed by atoms with Crippen LogP contribution < -0.4 is 10.1 Å². The number of nitrogens with zero attached hydrogens (tertiary/aromatic N) is 3. The van der Waals surface area contributed by atoms with E-state index in [-0.39, 0.29) is 11.7 Å². The van der Waals surface area contributed by atoms with E-state index in [4.69, 9.17) is 4.74 Å². The monoisotopic (exact) mass is 400 g/mol. The first-order valence-corrected chi connectivity index (χ1v) is 9.83. The lowest BCUT2D eigenvalue weighted by Crippen LogP contribution is -2.15. The van der Waals surface area contributed by atoms with Crippen LogP contribution in [0.3, 0.4) is 0 Å². The molecule has 8 heteroatoms. The quantitative estimate of drug-likeness (QED) is 0.578. The van der Waals surface area contributed by atoms with E-state index in [1.165, 1.54) is 29.5 Å². The molecule has 1 N–H and O–H groups in total. The van der Waals surface area contributed by atoms with Crippen molar-refractivity contribution in [2.24, 2.45) is 0 Å². The summed E-state index contributed by atoms with van der Waals surface area (Å²) < 4.78 is 20.9. The smallest absolute Gasteiger partial charge is 0.234 e. The topological polar surface area (TPSA) is 69.0 Å². The summed E-state index contributed by atoms with van der Waals surface area (Å²) in [7, 11) is 0. The van der Waals surface area contributed by atoms with Crippen molar-refractivity contribution in [2.75, 3.05) is 11.1 Å². The Morgan fingerprint density at radius 3 is 2.71 bits per heavy atom. The number of aryl methyl sites for hydroxylation is 1. The lowest BCUT2D eigenvalue weighted by Gasteiger charge is -2.09. The lowest BCUT2D eigenvalue weighted by atomic mass is 10.2. The zero-order valence-corrected chi connectivity index (χ0v) is 16.5. The Kier molecular flexibility index (Phi) is 6.65. The van der Waals surface area contributed by atoms with Crippen molar-refractivity contribution in [2.45, 2.75) is 32.2 Å². The summed E-state index contributed by atoms with van der Waals surface area (Å²) in [4.78, 5) is 12.1. The maximum Gasteiger partial charge on any atom is 0.234 e. The van der Waals surface area contributed by atoms with Gasteiger partial charge in [-0.25, -0.2) is 4.39 Å². The Hall–Kier alpha value is -2.87. The summed E-state index contributed by atoms with van der Waals surface area (Å²) in [6, 6.07) is 13.6. The molecule has 28 heavy (non-hydrogen) atoms. The standard InChI is InChI=1S/C20H21FN4O2S/c1-3-25-18(12-27-17-9-7-14(2)8-10-17)23-24-20(25)28-13-19(26)22-16-6-4-5-15(21)11-16/h4-11H,3,12-13H2,1-2H3,(H,22,26). The van der Waals surface area contributed by atoms with E-state index in [0.717, 1.165) is 5.75 Å². The Morgan fingerprint density at radius 1 is 1.21 bits per heavy atom. The molecule has 6 nitrogen and oxygen atoms in total. The van der Waals surface area contributed by atoms with Crippen LogP contribution in [0.15, 0.2) is 53.7 Å². The number of ether oxygens (including phenoxy) is 1. The highest BCUT2D eigenvalue weighted by atomic mass is 32.2. The van der Waals surface area contributed by atoms with Crippen molar-refractivity contribution in [3.05, 3.63) is 65.7 Å². The lowest BCUT2D eigenvalue weighted by molar-refractivity contribution is -0.113. The molecule has 0 saturated carbocycles. The molecule has 0 spiro atoms. The van der Waals surface area contributed by atoms with E-state index in [2.05, 4.69) is 15.5 Å². The minimum Gasteiger partial charge on any atom is -0.486 e. The van der Waals surface area contributed by atoms with Gasteiger partial charge in [-0.05, 0) is 44.2 Å². The highest BCUT2D eigenvalue weighted by molar-refractivity contribution is 7.99. The molecule has 3 rings (SSSR count). The van der Waals surface area contributed by atoms with E-state index in [0.29, 0.717) is 29.8 Å². The predicted octanol–water partition coefficient (Wildman–Crippen LogP) is 4.06. The molecule has 0 bridgehead atoms. The minimum absolute atomic E-state index is 0.146. The van der Waals surface area contributed by atoms with Crippen LogP contribution in [0.2, 0.25) is 0 Å². The van der Waals surface area contributed by atoms with Gasteiger partial charge in [-0.1, -0.05) is 35.5 Å². The summed E-state index contributed by atoms with van der Waals surface area (Å²) in [5.74, 6) is 0.970. The zero-order valence-electron chi connectivity index (χ0n) is 15.7. The third kappa shape index (κ3) is 5.32. The van der Waals surface area contributed by atoms with Gasteiger partial charge in [-0.15, -0.1) is 10.2 Å². The normalized spacial score (nSPS) is 10.7. The van der Waals surface area contributed by atoms with Crippen LogP contribution in [0.1, 0.15) is 18.3 Å². The van der Waals surface area contributed by atoms with Crippen LogP contribution in [0.25, 0.3) is 0 Å². The number of hydrogen-bond donors (Lipinski definition) is 1. The number of hydrogen-bond acceptors (Lipinski definition) is 5. The third-order valence-corrected chi connectivity index (χ3v) is 4.91. The molecule has 0 aliphatic carbocycles. The molecule has 2 aromatic carbocycles. The average molecular weight is 400 g/mol. The number of amides is 1. The number of carbonyl (C=O) groups excluding carboxylic acids is 1. The SMILES string of the molecule is CCn1c(COc2ccc(C)cc2)nnc1SCC(=O)Nc1cccc(F)c1. The summed E-state index contributed by atoms with van der Waals surface area (Å²) in [5.41, 5.74) is 1.59. The number of aromatic nitrogens is 3. The predicted molar refractivity (Wildman–Crippen MR) is 107 cm³/mol. The summed E-state index contributed by atoms with van der Waals surface area (Å²) in [5, 5.41) is 11.6. The van der Waals surface area contributed by atoms with E-state index in [9.17, 15) is 9.18 Å². The molecular formula is C20H21FN4O2S. The van der Waals surface area contributed by atoms with Crippen LogP contribution in [0.4, 0.5) is 10.1 Å². The molecule has 0 radical (unpaired) electrons. The van der Waals surface area contributed by atoms with E-state index >= 15 is 0 Å². The van der Waals surface area contributed by atoms with E-state index < -0.39 is 5.82 Å². The first kappa shape index (κ1) is 19.9. The number of anilines is 1. The van der Waals surface area contributed by atoms with Crippen molar-refractivity contribution in [3.63, 3.8) is 0 Å².